The van der Waals surface area contributed by atoms with Crippen LogP contribution in [0.25, 0.3) is 17.0 Å². The molecule has 148 valence electrons. The standard InChI is InChI=1S/C22H19Cl2N3O2/c1-29-9-8-26-22(28)16(12-25)11-17-14-27(21-5-3-2-4-18(17)21)13-15-6-7-19(23)20(24)10-15/h2-7,10-11,14H,8-9,13H2,1H3,(H,26,28)/b16-11+. The van der Waals surface area contributed by atoms with Crippen LogP contribution in [0.5, 0.6) is 0 Å². The first-order valence-electron chi connectivity index (χ1n) is 8.94. The monoisotopic (exact) mass is 427 g/mol. The number of aromatic nitrogens is 1. The number of nitrogens with one attached hydrogen (secondary N) is 1. The van der Waals surface area contributed by atoms with Crippen molar-refractivity contribution in [1.82, 2.24) is 9.88 Å². The predicted octanol–water partition coefficient (Wildman–Crippen LogP) is 4.67. The van der Waals surface area contributed by atoms with E-state index in [1.807, 2.05) is 48.7 Å². The lowest BCUT2D eigenvalue weighted by molar-refractivity contribution is -0.117. The summed E-state index contributed by atoms with van der Waals surface area (Å²) in [4.78, 5) is 12.3. The Bertz CT molecular complexity index is 1110. The minimum Gasteiger partial charge on any atom is -0.383 e. The molecule has 1 N–H and O–H groups in total. The van der Waals surface area contributed by atoms with E-state index in [4.69, 9.17) is 27.9 Å². The van der Waals surface area contributed by atoms with Gasteiger partial charge in [0.2, 0.25) is 0 Å². The van der Waals surface area contributed by atoms with Crippen molar-refractivity contribution in [2.24, 2.45) is 0 Å². The van der Waals surface area contributed by atoms with E-state index in [-0.39, 0.29) is 5.57 Å². The summed E-state index contributed by atoms with van der Waals surface area (Å²) in [6.07, 6.45) is 3.53. The summed E-state index contributed by atoms with van der Waals surface area (Å²) in [5, 5.41) is 14.1. The number of benzene rings is 2. The molecule has 1 aromatic heterocycles. The van der Waals surface area contributed by atoms with Crippen LogP contribution in [-0.2, 0) is 16.1 Å². The van der Waals surface area contributed by atoms with Gasteiger partial charge < -0.3 is 14.6 Å². The van der Waals surface area contributed by atoms with Gasteiger partial charge in [0.25, 0.3) is 5.91 Å². The number of ether oxygens (including phenoxy) is 1. The highest BCUT2D eigenvalue weighted by Gasteiger charge is 2.12. The minimum absolute atomic E-state index is 0.0403. The molecule has 0 saturated carbocycles. The van der Waals surface area contributed by atoms with E-state index >= 15 is 0 Å². The number of hydrogen-bond acceptors (Lipinski definition) is 3. The first-order chi connectivity index (χ1) is 14.0. The Morgan fingerprint density at radius 3 is 2.76 bits per heavy atom. The number of amides is 1. The first kappa shape index (κ1) is 20.9. The summed E-state index contributed by atoms with van der Waals surface area (Å²) in [5.41, 5.74) is 2.81. The van der Waals surface area contributed by atoms with Crippen molar-refractivity contribution in [2.45, 2.75) is 6.54 Å². The maximum Gasteiger partial charge on any atom is 0.262 e. The molecule has 0 bridgehead atoms. The molecule has 7 heteroatoms. The fourth-order valence-corrected chi connectivity index (χ4v) is 3.34. The van der Waals surface area contributed by atoms with Gasteiger partial charge in [-0.3, -0.25) is 4.79 Å². The largest absolute Gasteiger partial charge is 0.383 e. The second kappa shape index (κ2) is 9.62. The number of carbonyl (C=O) groups excluding carboxylic acids is 1. The third-order valence-corrected chi connectivity index (χ3v) is 5.15. The maximum atomic E-state index is 12.3. The predicted molar refractivity (Wildman–Crippen MR) is 116 cm³/mol. The van der Waals surface area contributed by atoms with E-state index in [1.165, 1.54) is 0 Å². The molecule has 2 aromatic carbocycles. The van der Waals surface area contributed by atoms with Crippen molar-refractivity contribution in [3.8, 4) is 6.07 Å². The molecule has 3 rings (SSSR count). The van der Waals surface area contributed by atoms with Crippen molar-refractivity contribution in [2.75, 3.05) is 20.3 Å². The van der Waals surface area contributed by atoms with E-state index in [0.717, 1.165) is 22.0 Å². The van der Waals surface area contributed by atoms with Gasteiger partial charge in [0.05, 0.1) is 16.7 Å². The van der Waals surface area contributed by atoms with Crippen molar-refractivity contribution < 1.29 is 9.53 Å². The quantitative estimate of drug-likeness (QED) is 0.338. The second-order valence-electron chi connectivity index (χ2n) is 6.40. The van der Waals surface area contributed by atoms with Gasteiger partial charge in [-0.15, -0.1) is 0 Å². The number of rotatable bonds is 7. The van der Waals surface area contributed by atoms with E-state index in [2.05, 4.69) is 9.88 Å². The van der Waals surface area contributed by atoms with E-state index in [0.29, 0.717) is 29.7 Å². The van der Waals surface area contributed by atoms with Gasteiger partial charge >= 0.3 is 0 Å². The highest BCUT2D eigenvalue weighted by atomic mass is 35.5. The molecule has 1 amide bonds. The molecule has 0 spiro atoms. The number of nitriles is 1. The van der Waals surface area contributed by atoms with Gasteiger partial charge in [0, 0.05) is 42.9 Å². The van der Waals surface area contributed by atoms with Gasteiger partial charge in [-0.25, -0.2) is 0 Å². The summed E-state index contributed by atoms with van der Waals surface area (Å²) in [6, 6.07) is 15.3. The SMILES string of the molecule is COCCNC(=O)/C(C#N)=C/c1cn(Cc2ccc(Cl)c(Cl)c2)c2ccccc12. The van der Waals surface area contributed by atoms with Crippen LogP contribution in [0.2, 0.25) is 10.0 Å². The van der Waals surface area contributed by atoms with Crippen LogP contribution in [0.15, 0.2) is 54.2 Å². The summed E-state index contributed by atoms with van der Waals surface area (Å²) in [5.74, 6) is -0.425. The average molecular weight is 428 g/mol. The zero-order valence-electron chi connectivity index (χ0n) is 15.8. The average Bonchev–Trinajstić information content (AvgIpc) is 3.06. The lowest BCUT2D eigenvalue weighted by Crippen LogP contribution is -2.27. The third-order valence-electron chi connectivity index (χ3n) is 4.41. The molecule has 29 heavy (non-hydrogen) atoms. The summed E-state index contributed by atoms with van der Waals surface area (Å²) in [7, 11) is 1.55. The molecule has 1 heterocycles. The molecule has 0 aliphatic carbocycles. The number of nitrogens with zero attached hydrogens (tertiary/aromatic N) is 2. The van der Waals surface area contributed by atoms with Crippen LogP contribution < -0.4 is 5.32 Å². The van der Waals surface area contributed by atoms with Crippen LogP contribution in [-0.4, -0.2) is 30.7 Å². The molecule has 0 saturated heterocycles. The fraction of sp³-hybridized carbons (Fsp3) is 0.182. The number of hydrogen-bond donors (Lipinski definition) is 1. The molecular weight excluding hydrogens is 409 g/mol. The molecular formula is C22H19Cl2N3O2. The lowest BCUT2D eigenvalue weighted by Gasteiger charge is -2.06. The molecule has 0 unspecified atom stereocenters. The molecule has 0 radical (unpaired) electrons. The van der Waals surface area contributed by atoms with Gasteiger partial charge in [0.1, 0.15) is 11.6 Å². The lowest BCUT2D eigenvalue weighted by atomic mass is 10.1. The van der Waals surface area contributed by atoms with Crippen LogP contribution in [0.1, 0.15) is 11.1 Å². The van der Waals surface area contributed by atoms with Crippen LogP contribution in [0, 0.1) is 11.3 Å². The number of fused-ring (bicyclic) bond motifs is 1. The van der Waals surface area contributed by atoms with Gasteiger partial charge in [-0.2, -0.15) is 5.26 Å². The molecule has 0 atom stereocenters. The zero-order chi connectivity index (χ0) is 20.8. The number of halogens is 2. The molecule has 0 aliphatic heterocycles. The van der Waals surface area contributed by atoms with Gasteiger partial charge in [-0.1, -0.05) is 47.5 Å². The zero-order valence-corrected chi connectivity index (χ0v) is 17.3. The highest BCUT2D eigenvalue weighted by Crippen LogP contribution is 2.27. The molecule has 5 nitrogen and oxygen atoms in total. The second-order valence-corrected chi connectivity index (χ2v) is 7.21. The Hall–Kier alpha value is -2.78. The summed E-state index contributed by atoms with van der Waals surface area (Å²) in [6.45, 7) is 1.30. The summed E-state index contributed by atoms with van der Waals surface area (Å²) < 4.78 is 6.97. The summed E-state index contributed by atoms with van der Waals surface area (Å²) >= 11 is 12.1. The highest BCUT2D eigenvalue weighted by molar-refractivity contribution is 6.42. The Balaban J connectivity index is 1.95. The van der Waals surface area contributed by atoms with E-state index in [9.17, 15) is 10.1 Å². The Kier molecular flexibility index (Phi) is 6.95. The smallest absolute Gasteiger partial charge is 0.262 e. The van der Waals surface area contributed by atoms with Crippen LogP contribution >= 0.6 is 23.2 Å². The maximum absolute atomic E-state index is 12.3. The van der Waals surface area contributed by atoms with Gasteiger partial charge in [-0.05, 0) is 29.8 Å². The van der Waals surface area contributed by atoms with Crippen molar-refractivity contribution >= 4 is 46.1 Å². The molecule has 3 aromatic rings. The fourth-order valence-electron chi connectivity index (χ4n) is 3.02. The Morgan fingerprint density at radius 1 is 1.24 bits per heavy atom. The third kappa shape index (κ3) is 4.99. The normalized spacial score (nSPS) is 11.4. The molecule has 0 fully saturated rings. The minimum atomic E-state index is -0.425. The number of methoxy groups -OCH3 is 1. The number of para-hydroxylation sites is 1. The van der Waals surface area contributed by atoms with E-state index in [1.54, 1.807) is 19.3 Å². The molecule has 0 aliphatic rings. The van der Waals surface area contributed by atoms with Crippen molar-refractivity contribution in [3.63, 3.8) is 0 Å². The first-order valence-corrected chi connectivity index (χ1v) is 9.70. The Morgan fingerprint density at radius 2 is 2.03 bits per heavy atom. The Labute approximate surface area is 179 Å². The topological polar surface area (TPSA) is 67.0 Å². The van der Waals surface area contributed by atoms with E-state index < -0.39 is 5.91 Å². The van der Waals surface area contributed by atoms with Crippen molar-refractivity contribution in [3.05, 3.63) is 75.4 Å². The van der Waals surface area contributed by atoms with Crippen LogP contribution in [0.4, 0.5) is 0 Å². The van der Waals surface area contributed by atoms with Crippen LogP contribution in [0.3, 0.4) is 0 Å². The number of carbonyl (C=O) groups is 1. The van der Waals surface area contributed by atoms with Crippen molar-refractivity contribution in [1.29, 1.82) is 5.26 Å². The van der Waals surface area contributed by atoms with Gasteiger partial charge in [0.15, 0.2) is 0 Å².